The number of nitrogens with zero attached hydrogens (tertiary/aromatic N) is 1. The van der Waals surface area contributed by atoms with Crippen molar-refractivity contribution in [3.63, 3.8) is 0 Å². The lowest BCUT2D eigenvalue weighted by Gasteiger charge is -2.44. The zero-order chi connectivity index (χ0) is 18.0. The molecule has 5 heteroatoms. The van der Waals surface area contributed by atoms with Crippen LogP contribution < -0.4 is 15.4 Å². The summed E-state index contributed by atoms with van der Waals surface area (Å²) in [5.74, 6) is 1.79. The molecule has 0 bridgehead atoms. The summed E-state index contributed by atoms with van der Waals surface area (Å²) in [4.78, 5) is 4.98. The number of amidine groups is 1. The molecule has 0 saturated carbocycles. The molecule has 0 radical (unpaired) electrons. The second-order valence-electron chi connectivity index (χ2n) is 6.98. The molecule has 1 spiro atoms. The summed E-state index contributed by atoms with van der Waals surface area (Å²) in [5.41, 5.74) is 4.27. The van der Waals surface area contributed by atoms with Crippen LogP contribution in [0, 0.1) is 6.92 Å². The van der Waals surface area contributed by atoms with E-state index in [0.717, 1.165) is 49.0 Å². The van der Waals surface area contributed by atoms with Crippen LogP contribution in [0.1, 0.15) is 24.0 Å². The van der Waals surface area contributed by atoms with Crippen LogP contribution in [0.15, 0.2) is 47.5 Å². The first kappa shape index (κ1) is 16.9. The van der Waals surface area contributed by atoms with Gasteiger partial charge in [0.25, 0.3) is 0 Å². The number of para-hydroxylation sites is 1. The van der Waals surface area contributed by atoms with Gasteiger partial charge in [0, 0.05) is 26.1 Å². The molecule has 1 fully saturated rings. The smallest absolute Gasteiger partial charge is 0.144 e. The minimum absolute atomic E-state index is 0.207. The molecule has 0 unspecified atom stereocenters. The Morgan fingerprint density at radius 3 is 2.73 bits per heavy atom. The van der Waals surface area contributed by atoms with Gasteiger partial charge in [-0.25, -0.2) is 0 Å². The lowest BCUT2D eigenvalue weighted by atomic mass is 9.86. The largest absolute Gasteiger partial charge is 0.494 e. The fourth-order valence-corrected chi connectivity index (χ4v) is 3.74. The van der Waals surface area contributed by atoms with Gasteiger partial charge in [0.1, 0.15) is 17.3 Å². The van der Waals surface area contributed by atoms with Crippen molar-refractivity contribution >= 4 is 17.2 Å². The number of fused-ring (bicyclic) bond motifs is 1. The van der Waals surface area contributed by atoms with Crippen LogP contribution >= 0.6 is 0 Å². The van der Waals surface area contributed by atoms with Crippen LogP contribution in [0.4, 0.5) is 11.4 Å². The normalized spacial score (nSPS) is 19.5. The monoisotopic (exact) mass is 351 g/mol. The van der Waals surface area contributed by atoms with E-state index in [4.69, 9.17) is 14.5 Å². The Morgan fingerprint density at radius 2 is 1.96 bits per heavy atom. The quantitative estimate of drug-likeness (QED) is 0.878. The number of aryl methyl sites for hydroxylation is 1. The zero-order valence-corrected chi connectivity index (χ0v) is 15.3. The standard InChI is InChI=1S/C21H25N3O2/c1-15-5-3-6-16(13-15)14-22-20-21(9-11-26-12-10-21)24-17-7-4-8-18(25-2)19(17)23-20/h3-8,13,24H,9-12,14H2,1-2H3,(H,22,23). The molecule has 0 aliphatic carbocycles. The third-order valence-corrected chi connectivity index (χ3v) is 5.17. The van der Waals surface area contributed by atoms with Crippen LogP contribution in [0.2, 0.25) is 0 Å². The van der Waals surface area contributed by atoms with E-state index < -0.39 is 0 Å². The van der Waals surface area contributed by atoms with E-state index in [1.807, 2.05) is 12.1 Å². The lowest BCUT2D eigenvalue weighted by Crippen LogP contribution is -2.55. The molecule has 2 aromatic rings. The Bertz CT molecular complexity index is 826. The maximum absolute atomic E-state index is 5.61. The predicted molar refractivity (Wildman–Crippen MR) is 105 cm³/mol. The third-order valence-electron chi connectivity index (χ3n) is 5.17. The molecular formula is C21H25N3O2. The van der Waals surface area contributed by atoms with Crippen molar-refractivity contribution in [2.75, 3.05) is 31.0 Å². The molecule has 2 heterocycles. The average molecular weight is 351 g/mol. The van der Waals surface area contributed by atoms with Crippen molar-refractivity contribution in [2.45, 2.75) is 31.8 Å². The molecular weight excluding hydrogens is 326 g/mol. The highest BCUT2D eigenvalue weighted by molar-refractivity contribution is 6.10. The highest BCUT2D eigenvalue weighted by Gasteiger charge is 2.42. The summed E-state index contributed by atoms with van der Waals surface area (Å²) < 4.78 is 11.1. The number of hydrogen-bond donors (Lipinski definition) is 2. The first-order valence-corrected chi connectivity index (χ1v) is 9.11. The van der Waals surface area contributed by atoms with Gasteiger partial charge in [-0.1, -0.05) is 35.9 Å². The van der Waals surface area contributed by atoms with Crippen molar-refractivity contribution in [1.29, 1.82) is 0 Å². The number of benzene rings is 2. The van der Waals surface area contributed by atoms with Gasteiger partial charge in [0.05, 0.1) is 24.9 Å². The minimum atomic E-state index is -0.207. The first-order valence-electron chi connectivity index (χ1n) is 9.11. The molecule has 0 atom stereocenters. The highest BCUT2D eigenvalue weighted by atomic mass is 16.5. The Hall–Kier alpha value is -2.53. The van der Waals surface area contributed by atoms with Crippen molar-refractivity contribution in [2.24, 2.45) is 4.99 Å². The summed E-state index contributed by atoms with van der Waals surface area (Å²) in [6.45, 7) is 4.23. The minimum Gasteiger partial charge on any atom is -0.494 e. The van der Waals surface area contributed by atoms with E-state index in [2.05, 4.69) is 47.9 Å². The zero-order valence-electron chi connectivity index (χ0n) is 15.3. The Kier molecular flexibility index (Phi) is 4.55. The van der Waals surface area contributed by atoms with Gasteiger partial charge in [-0.05, 0) is 24.6 Å². The molecule has 0 amide bonds. The van der Waals surface area contributed by atoms with Crippen LogP contribution in [-0.2, 0) is 11.3 Å². The third kappa shape index (κ3) is 3.15. The van der Waals surface area contributed by atoms with Crippen LogP contribution in [0.3, 0.4) is 0 Å². The van der Waals surface area contributed by atoms with E-state index in [1.54, 1.807) is 7.11 Å². The molecule has 2 aliphatic rings. The highest BCUT2D eigenvalue weighted by Crippen LogP contribution is 2.41. The molecule has 2 aliphatic heterocycles. The van der Waals surface area contributed by atoms with E-state index in [0.29, 0.717) is 6.54 Å². The topological polar surface area (TPSA) is 54.9 Å². The molecule has 5 nitrogen and oxygen atoms in total. The first-order chi connectivity index (χ1) is 12.7. The maximum Gasteiger partial charge on any atom is 0.144 e. The van der Waals surface area contributed by atoms with E-state index in [1.165, 1.54) is 11.1 Å². The number of methoxy groups -OCH3 is 1. The second-order valence-corrected chi connectivity index (χ2v) is 6.98. The molecule has 136 valence electrons. The number of aliphatic imine (C=N–C) groups is 1. The van der Waals surface area contributed by atoms with E-state index in [-0.39, 0.29) is 5.54 Å². The number of rotatable bonds is 3. The number of hydrogen-bond acceptors (Lipinski definition) is 4. The van der Waals surface area contributed by atoms with Crippen LogP contribution in [-0.4, -0.2) is 31.7 Å². The molecule has 0 aromatic heterocycles. The summed E-state index contributed by atoms with van der Waals surface area (Å²) in [6.07, 6.45) is 1.78. The summed E-state index contributed by atoms with van der Waals surface area (Å²) in [7, 11) is 1.69. The van der Waals surface area contributed by atoms with Crippen LogP contribution in [0.25, 0.3) is 0 Å². The molecule has 2 aromatic carbocycles. The number of anilines is 2. The fraction of sp³-hybridized carbons (Fsp3) is 0.381. The predicted octanol–water partition coefficient (Wildman–Crippen LogP) is 3.99. The Balaban J connectivity index is 1.70. The van der Waals surface area contributed by atoms with Gasteiger partial charge in [-0.2, -0.15) is 0 Å². The van der Waals surface area contributed by atoms with Gasteiger partial charge in [0.15, 0.2) is 0 Å². The summed E-state index contributed by atoms with van der Waals surface area (Å²) in [6, 6.07) is 14.6. The average Bonchev–Trinajstić information content (AvgIpc) is 2.66. The van der Waals surface area contributed by atoms with Crippen molar-refractivity contribution < 1.29 is 9.47 Å². The molecule has 2 N–H and O–H groups in total. The van der Waals surface area contributed by atoms with Gasteiger partial charge >= 0.3 is 0 Å². The summed E-state index contributed by atoms with van der Waals surface area (Å²) in [5, 5.41) is 7.30. The summed E-state index contributed by atoms with van der Waals surface area (Å²) >= 11 is 0. The van der Waals surface area contributed by atoms with Crippen molar-refractivity contribution in [1.82, 2.24) is 0 Å². The SMILES string of the molecule is COc1cccc2c1NC(=NCc1cccc(C)c1)C1(CCOCC1)N2. The van der Waals surface area contributed by atoms with Gasteiger partial charge in [-0.15, -0.1) is 0 Å². The number of ether oxygens (including phenoxy) is 2. The van der Waals surface area contributed by atoms with E-state index in [9.17, 15) is 0 Å². The molecule has 1 saturated heterocycles. The Morgan fingerprint density at radius 1 is 1.15 bits per heavy atom. The van der Waals surface area contributed by atoms with E-state index >= 15 is 0 Å². The van der Waals surface area contributed by atoms with Gasteiger partial charge < -0.3 is 20.1 Å². The van der Waals surface area contributed by atoms with Gasteiger partial charge in [0.2, 0.25) is 0 Å². The van der Waals surface area contributed by atoms with Crippen LogP contribution in [0.5, 0.6) is 5.75 Å². The Labute approximate surface area is 154 Å². The maximum atomic E-state index is 5.61. The molecule has 4 rings (SSSR count). The van der Waals surface area contributed by atoms with Gasteiger partial charge in [-0.3, -0.25) is 4.99 Å². The fourth-order valence-electron chi connectivity index (χ4n) is 3.74. The number of nitrogens with one attached hydrogen (secondary N) is 2. The lowest BCUT2D eigenvalue weighted by molar-refractivity contribution is 0.0778. The molecule has 26 heavy (non-hydrogen) atoms. The second kappa shape index (κ2) is 7.00. The van der Waals surface area contributed by atoms with Crippen molar-refractivity contribution in [3.8, 4) is 5.75 Å². The van der Waals surface area contributed by atoms with Crippen molar-refractivity contribution in [3.05, 3.63) is 53.6 Å².